The number of halogens is 1. The summed E-state index contributed by atoms with van der Waals surface area (Å²) in [5.74, 6) is 0. The normalized spacial score (nSPS) is 11.6. The van der Waals surface area contributed by atoms with Crippen LogP contribution in [0.15, 0.2) is 53.1 Å². The number of aromatic nitrogens is 1. The predicted molar refractivity (Wildman–Crippen MR) is 74.0 cm³/mol. The van der Waals surface area contributed by atoms with E-state index < -0.39 is 0 Å². The van der Waals surface area contributed by atoms with Crippen LogP contribution in [0.4, 0.5) is 0 Å². The van der Waals surface area contributed by atoms with Gasteiger partial charge in [0.15, 0.2) is 0 Å². The molecule has 0 unspecified atom stereocenters. The summed E-state index contributed by atoms with van der Waals surface area (Å²) in [4.78, 5) is 4.33. The molecule has 0 aliphatic carbocycles. The third-order valence-corrected chi connectivity index (χ3v) is 3.42. The Balaban J connectivity index is 2.29. The van der Waals surface area contributed by atoms with Crippen LogP contribution in [0.5, 0.6) is 0 Å². The van der Waals surface area contributed by atoms with E-state index in [9.17, 15) is 0 Å². The Hall–Kier alpha value is -2.06. The lowest BCUT2D eigenvalue weighted by atomic mass is 10.1. The van der Waals surface area contributed by atoms with Gasteiger partial charge in [-0.25, -0.2) is 0 Å². The standard InChI is InChI=1S/C15H8ClNO/c16-9-3-4-10-11-5-6-13-12(2-1-7-17-13)15(11)18-14(10)8-9/h1-8H. The molecule has 2 nitrogen and oxygen atoms in total. The van der Waals surface area contributed by atoms with Gasteiger partial charge < -0.3 is 4.42 Å². The van der Waals surface area contributed by atoms with Crippen molar-refractivity contribution in [2.75, 3.05) is 0 Å². The third-order valence-electron chi connectivity index (χ3n) is 3.18. The highest BCUT2D eigenvalue weighted by Gasteiger charge is 2.10. The van der Waals surface area contributed by atoms with Gasteiger partial charge in [-0.1, -0.05) is 11.6 Å². The molecule has 0 saturated heterocycles. The monoisotopic (exact) mass is 253 g/mol. The Morgan fingerprint density at radius 2 is 1.83 bits per heavy atom. The Kier molecular flexibility index (Phi) is 1.91. The van der Waals surface area contributed by atoms with Gasteiger partial charge in [-0.2, -0.15) is 0 Å². The minimum absolute atomic E-state index is 0.684. The molecule has 0 amide bonds. The fourth-order valence-corrected chi connectivity index (χ4v) is 2.52. The van der Waals surface area contributed by atoms with Gasteiger partial charge in [0.2, 0.25) is 0 Å². The molecule has 2 aromatic heterocycles. The Morgan fingerprint density at radius 3 is 2.78 bits per heavy atom. The maximum Gasteiger partial charge on any atom is 0.144 e. The van der Waals surface area contributed by atoms with Crippen LogP contribution in [0.1, 0.15) is 0 Å². The van der Waals surface area contributed by atoms with Gasteiger partial charge in [-0.3, -0.25) is 4.98 Å². The minimum Gasteiger partial charge on any atom is -0.455 e. The summed E-state index contributed by atoms with van der Waals surface area (Å²) < 4.78 is 5.92. The average molecular weight is 254 g/mol. The zero-order valence-corrected chi connectivity index (χ0v) is 10.1. The van der Waals surface area contributed by atoms with Crippen LogP contribution >= 0.6 is 11.6 Å². The summed E-state index contributed by atoms with van der Waals surface area (Å²) in [6.07, 6.45) is 1.79. The summed E-state index contributed by atoms with van der Waals surface area (Å²) in [7, 11) is 0. The summed E-state index contributed by atoms with van der Waals surface area (Å²) in [6.45, 7) is 0. The van der Waals surface area contributed by atoms with Crippen molar-refractivity contribution >= 4 is 44.4 Å². The van der Waals surface area contributed by atoms with Gasteiger partial charge in [0, 0.05) is 33.4 Å². The van der Waals surface area contributed by atoms with E-state index in [-0.39, 0.29) is 0 Å². The van der Waals surface area contributed by atoms with Gasteiger partial charge in [0.1, 0.15) is 11.2 Å². The molecule has 2 aromatic carbocycles. The average Bonchev–Trinajstić information content (AvgIpc) is 2.76. The first-order chi connectivity index (χ1) is 8.83. The Morgan fingerprint density at radius 1 is 0.944 bits per heavy atom. The molecule has 0 spiro atoms. The largest absolute Gasteiger partial charge is 0.455 e. The van der Waals surface area contributed by atoms with E-state index in [2.05, 4.69) is 4.98 Å². The number of nitrogens with zero attached hydrogens (tertiary/aromatic N) is 1. The SMILES string of the molecule is Clc1ccc2c(c1)oc1c3cccnc3ccc21. The van der Waals surface area contributed by atoms with Crippen molar-refractivity contribution in [1.29, 1.82) is 0 Å². The van der Waals surface area contributed by atoms with Gasteiger partial charge in [0.25, 0.3) is 0 Å². The first-order valence-corrected chi connectivity index (χ1v) is 6.06. The lowest BCUT2D eigenvalue weighted by Gasteiger charge is -1.96. The van der Waals surface area contributed by atoms with Crippen LogP contribution in [-0.4, -0.2) is 4.98 Å². The summed E-state index contributed by atoms with van der Waals surface area (Å²) >= 11 is 5.99. The van der Waals surface area contributed by atoms with Crippen molar-refractivity contribution in [3.05, 3.63) is 53.7 Å². The summed E-state index contributed by atoms with van der Waals surface area (Å²) in [6, 6.07) is 13.7. The smallest absolute Gasteiger partial charge is 0.144 e. The van der Waals surface area contributed by atoms with Gasteiger partial charge >= 0.3 is 0 Å². The van der Waals surface area contributed by atoms with E-state index in [1.54, 1.807) is 6.20 Å². The fourth-order valence-electron chi connectivity index (χ4n) is 2.36. The Bertz CT molecular complexity index is 895. The van der Waals surface area contributed by atoms with Gasteiger partial charge in [-0.05, 0) is 36.4 Å². The van der Waals surface area contributed by atoms with Crippen LogP contribution in [-0.2, 0) is 0 Å². The quantitative estimate of drug-likeness (QED) is 0.450. The highest BCUT2D eigenvalue weighted by atomic mass is 35.5. The second-order valence-electron chi connectivity index (χ2n) is 4.25. The van der Waals surface area contributed by atoms with Crippen LogP contribution in [0.3, 0.4) is 0 Å². The molecule has 0 fully saturated rings. The van der Waals surface area contributed by atoms with E-state index >= 15 is 0 Å². The third kappa shape index (κ3) is 1.27. The molecule has 3 heteroatoms. The number of hydrogen-bond donors (Lipinski definition) is 0. The van der Waals surface area contributed by atoms with E-state index in [1.807, 2.05) is 42.5 Å². The van der Waals surface area contributed by atoms with Crippen molar-refractivity contribution in [3.63, 3.8) is 0 Å². The Labute approximate surface area is 108 Å². The van der Waals surface area contributed by atoms with Crippen molar-refractivity contribution in [2.45, 2.75) is 0 Å². The van der Waals surface area contributed by atoms with Crippen molar-refractivity contribution in [3.8, 4) is 0 Å². The molecule has 86 valence electrons. The molecule has 0 radical (unpaired) electrons. The van der Waals surface area contributed by atoms with Crippen molar-refractivity contribution in [2.24, 2.45) is 0 Å². The van der Waals surface area contributed by atoms with Gasteiger partial charge in [-0.15, -0.1) is 0 Å². The zero-order chi connectivity index (χ0) is 12.1. The molecule has 18 heavy (non-hydrogen) atoms. The molecule has 0 bridgehead atoms. The highest BCUT2D eigenvalue weighted by molar-refractivity contribution is 6.31. The molecule has 0 atom stereocenters. The number of furan rings is 1. The van der Waals surface area contributed by atoms with Crippen molar-refractivity contribution in [1.82, 2.24) is 4.98 Å². The van der Waals surface area contributed by atoms with Crippen molar-refractivity contribution < 1.29 is 4.42 Å². The lowest BCUT2D eigenvalue weighted by molar-refractivity contribution is 0.672. The first kappa shape index (κ1) is 9.92. The number of pyridine rings is 1. The summed E-state index contributed by atoms with van der Waals surface area (Å²) in [5, 5.41) is 3.90. The zero-order valence-electron chi connectivity index (χ0n) is 9.35. The topological polar surface area (TPSA) is 26.0 Å². The molecular formula is C15H8ClNO. The minimum atomic E-state index is 0.684. The lowest BCUT2D eigenvalue weighted by Crippen LogP contribution is -1.76. The van der Waals surface area contributed by atoms with E-state index in [0.29, 0.717) is 5.02 Å². The van der Waals surface area contributed by atoms with Gasteiger partial charge in [0.05, 0.1) is 5.52 Å². The predicted octanol–water partition coefficient (Wildman–Crippen LogP) is 4.79. The molecule has 2 heterocycles. The highest BCUT2D eigenvalue weighted by Crippen LogP contribution is 2.34. The molecule has 0 aliphatic rings. The molecule has 0 saturated carbocycles. The number of rotatable bonds is 0. The maximum atomic E-state index is 5.99. The van der Waals surface area contributed by atoms with Crippen LogP contribution < -0.4 is 0 Å². The van der Waals surface area contributed by atoms with E-state index in [0.717, 1.165) is 32.8 Å². The molecular weight excluding hydrogens is 246 g/mol. The van der Waals surface area contributed by atoms with Crippen LogP contribution in [0, 0.1) is 0 Å². The van der Waals surface area contributed by atoms with E-state index in [1.165, 1.54) is 0 Å². The molecule has 4 rings (SSSR count). The maximum absolute atomic E-state index is 5.99. The second-order valence-corrected chi connectivity index (χ2v) is 4.69. The summed E-state index contributed by atoms with van der Waals surface area (Å²) in [5.41, 5.74) is 2.63. The van der Waals surface area contributed by atoms with E-state index in [4.69, 9.17) is 16.0 Å². The first-order valence-electron chi connectivity index (χ1n) is 5.68. The fraction of sp³-hybridized carbons (Fsp3) is 0. The second kappa shape index (κ2) is 3.47. The molecule has 4 aromatic rings. The number of benzene rings is 2. The van der Waals surface area contributed by atoms with Crippen LogP contribution in [0.25, 0.3) is 32.8 Å². The molecule has 0 N–H and O–H groups in total. The number of hydrogen-bond acceptors (Lipinski definition) is 2. The van der Waals surface area contributed by atoms with Crippen LogP contribution in [0.2, 0.25) is 5.02 Å². The molecule has 0 aliphatic heterocycles. The number of fused-ring (bicyclic) bond motifs is 5.